The van der Waals surface area contributed by atoms with Crippen molar-refractivity contribution in [2.45, 2.75) is 19.9 Å². The number of piperazine rings is 1. The number of aromatic nitrogens is 4. The Bertz CT molecular complexity index is 1220. The summed E-state index contributed by atoms with van der Waals surface area (Å²) in [6, 6.07) is 8.23. The lowest BCUT2D eigenvalue weighted by molar-refractivity contribution is 0.249. The molecule has 0 unspecified atom stereocenters. The van der Waals surface area contributed by atoms with Gasteiger partial charge in [-0.3, -0.25) is 14.7 Å². The maximum absolute atomic E-state index is 12.1. The van der Waals surface area contributed by atoms with Crippen molar-refractivity contribution in [1.29, 1.82) is 0 Å². The van der Waals surface area contributed by atoms with E-state index in [0.29, 0.717) is 6.42 Å². The smallest absolute Gasteiger partial charge is 0.251 e. The van der Waals surface area contributed by atoms with Gasteiger partial charge in [0.25, 0.3) is 5.56 Å². The Morgan fingerprint density at radius 2 is 1.97 bits per heavy atom. The SMILES string of the molecule is CCc1cc2ncc(CN3CCN(c4ccc5cncn5c4)CC3)cc2[nH]c1=O. The molecule has 148 valence electrons. The second-order valence-electron chi connectivity index (χ2n) is 7.63. The zero-order valence-electron chi connectivity index (χ0n) is 16.5. The molecule has 7 nitrogen and oxygen atoms in total. The molecule has 0 radical (unpaired) electrons. The fourth-order valence-corrected chi connectivity index (χ4v) is 4.03. The first-order valence-electron chi connectivity index (χ1n) is 10.1. The molecule has 1 aliphatic heterocycles. The van der Waals surface area contributed by atoms with Crippen LogP contribution in [0.25, 0.3) is 16.6 Å². The van der Waals surface area contributed by atoms with Crippen LogP contribution in [0.3, 0.4) is 0 Å². The van der Waals surface area contributed by atoms with Gasteiger partial charge in [0.15, 0.2) is 0 Å². The highest BCUT2D eigenvalue weighted by Gasteiger charge is 2.18. The van der Waals surface area contributed by atoms with Gasteiger partial charge in [0.2, 0.25) is 0 Å². The molecule has 0 spiro atoms. The Balaban J connectivity index is 1.27. The first-order chi connectivity index (χ1) is 14.2. The predicted octanol–water partition coefficient (Wildman–Crippen LogP) is 2.46. The molecule has 4 aromatic heterocycles. The van der Waals surface area contributed by atoms with Crippen LogP contribution in [0.4, 0.5) is 5.69 Å². The van der Waals surface area contributed by atoms with Crippen molar-refractivity contribution in [3.05, 3.63) is 70.7 Å². The van der Waals surface area contributed by atoms with Crippen LogP contribution in [0.5, 0.6) is 0 Å². The third-order valence-corrected chi connectivity index (χ3v) is 5.74. The van der Waals surface area contributed by atoms with Gasteiger partial charge >= 0.3 is 0 Å². The summed E-state index contributed by atoms with van der Waals surface area (Å²) < 4.78 is 2.06. The summed E-state index contributed by atoms with van der Waals surface area (Å²) in [6.07, 6.45) is 8.50. The highest BCUT2D eigenvalue weighted by Crippen LogP contribution is 2.19. The largest absolute Gasteiger partial charge is 0.368 e. The summed E-state index contributed by atoms with van der Waals surface area (Å²) in [6.45, 7) is 6.78. The Kier molecular flexibility index (Phi) is 4.52. The van der Waals surface area contributed by atoms with Crippen molar-refractivity contribution in [2.75, 3.05) is 31.1 Å². The number of pyridine rings is 3. The summed E-state index contributed by atoms with van der Waals surface area (Å²) >= 11 is 0. The van der Waals surface area contributed by atoms with Gasteiger partial charge in [0.1, 0.15) is 0 Å². The summed E-state index contributed by atoms with van der Waals surface area (Å²) in [7, 11) is 0. The molecule has 4 aromatic rings. The number of hydrogen-bond acceptors (Lipinski definition) is 5. The first-order valence-corrected chi connectivity index (χ1v) is 10.1. The number of aromatic amines is 1. The minimum atomic E-state index is -0.0116. The van der Waals surface area contributed by atoms with Crippen LogP contribution in [0.15, 0.2) is 54.0 Å². The fraction of sp³-hybridized carbons (Fsp3) is 0.318. The molecule has 0 bridgehead atoms. The van der Waals surface area contributed by atoms with E-state index in [4.69, 9.17) is 0 Å². The van der Waals surface area contributed by atoms with Crippen LogP contribution >= 0.6 is 0 Å². The Hall–Kier alpha value is -3.19. The molecule has 0 atom stereocenters. The van der Waals surface area contributed by atoms with E-state index < -0.39 is 0 Å². The van der Waals surface area contributed by atoms with Crippen molar-refractivity contribution >= 4 is 22.2 Å². The lowest BCUT2D eigenvalue weighted by Crippen LogP contribution is -2.46. The Morgan fingerprint density at radius 1 is 1.10 bits per heavy atom. The van der Waals surface area contributed by atoms with Gasteiger partial charge in [-0.05, 0) is 36.2 Å². The van der Waals surface area contributed by atoms with E-state index in [0.717, 1.165) is 60.4 Å². The van der Waals surface area contributed by atoms with E-state index in [1.54, 1.807) is 0 Å². The maximum atomic E-state index is 12.1. The second-order valence-corrected chi connectivity index (χ2v) is 7.63. The van der Waals surface area contributed by atoms with Crippen molar-refractivity contribution in [3.63, 3.8) is 0 Å². The molecule has 1 N–H and O–H groups in total. The van der Waals surface area contributed by atoms with Crippen LogP contribution in [-0.4, -0.2) is 50.4 Å². The quantitative estimate of drug-likeness (QED) is 0.582. The average Bonchev–Trinajstić information content (AvgIpc) is 3.21. The molecule has 0 saturated carbocycles. The molecular weight excluding hydrogens is 364 g/mol. The molecule has 5 rings (SSSR count). The monoisotopic (exact) mass is 388 g/mol. The molecule has 1 saturated heterocycles. The van der Waals surface area contributed by atoms with E-state index in [1.807, 2.05) is 31.7 Å². The van der Waals surface area contributed by atoms with Crippen molar-refractivity contribution in [3.8, 4) is 0 Å². The van der Waals surface area contributed by atoms with Gasteiger partial charge in [0.05, 0.1) is 34.8 Å². The standard InChI is InChI=1S/C22H24N6O/c1-2-17-10-20-21(25-22(17)29)9-16(11-24-20)13-26-5-7-27(8-6-26)19-4-3-18-12-23-15-28(18)14-19/h3-4,9-12,14-15H,2,5-8,13H2,1H3,(H,25,29). The molecule has 5 heterocycles. The minimum Gasteiger partial charge on any atom is -0.368 e. The van der Waals surface area contributed by atoms with Crippen LogP contribution in [-0.2, 0) is 13.0 Å². The number of nitrogens with zero attached hydrogens (tertiary/aromatic N) is 5. The number of fused-ring (bicyclic) bond motifs is 2. The summed E-state index contributed by atoms with van der Waals surface area (Å²) in [5.41, 5.74) is 5.91. The van der Waals surface area contributed by atoms with Gasteiger partial charge in [-0.25, -0.2) is 4.98 Å². The number of nitrogens with one attached hydrogen (secondary N) is 1. The molecular formula is C22H24N6O. The number of aryl methyl sites for hydroxylation is 1. The molecule has 0 aliphatic carbocycles. The summed E-state index contributed by atoms with van der Waals surface area (Å²) in [5.74, 6) is 0. The van der Waals surface area contributed by atoms with Gasteiger partial charge in [0, 0.05) is 50.7 Å². The first kappa shape index (κ1) is 17.9. The number of anilines is 1. The van der Waals surface area contributed by atoms with Gasteiger partial charge in [-0.2, -0.15) is 0 Å². The lowest BCUT2D eigenvalue weighted by Gasteiger charge is -2.36. The van der Waals surface area contributed by atoms with E-state index in [1.165, 1.54) is 5.69 Å². The third kappa shape index (κ3) is 3.49. The van der Waals surface area contributed by atoms with Gasteiger partial charge in [-0.1, -0.05) is 6.92 Å². The zero-order valence-corrected chi connectivity index (χ0v) is 16.5. The Labute approximate surface area is 168 Å². The third-order valence-electron chi connectivity index (χ3n) is 5.74. The highest BCUT2D eigenvalue weighted by atomic mass is 16.1. The van der Waals surface area contributed by atoms with Crippen molar-refractivity contribution < 1.29 is 0 Å². The maximum Gasteiger partial charge on any atom is 0.251 e. The molecule has 29 heavy (non-hydrogen) atoms. The van der Waals surface area contributed by atoms with E-state index in [-0.39, 0.29) is 5.56 Å². The van der Waals surface area contributed by atoms with E-state index in [9.17, 15) is 4.79 Å². The Morgan fingerprint density at radius 3 is 2.79 bits per heavy atom. The average molecular weight is 388 g/mol. The molecule has 1 aliphatic rings. The number of hydrogen-bond donors (Lipinski definition) is 1. The van der Waals surface area contributed by atoms with Crippen molar-refractivity contribution in [1.82, 2.24) is 24.3 Å². The number of H-pyrrole nitrogens is 1. The predicted molar refractivity (Wildman–Crippen MR) is 114 cm³/mol. The van der Waals surface area contributed by atoms with E-state index >= 15 is 0 Å². The second kappa shape index (κ2) is 7.33. The molecule has 1 fully saturated rings. The molecule has 0 aromatic carbocycles. The molecule has 7 heteroatoms. The lowest BCUT2D eigenvalue weighted by atomic mass is 10.1. The topological polar surface area (TPSA) is 69.5 Å². The fourth-order valence-electron chi connectivity index (χ4n) is 4.03. The highest BCUT2D eigenvalue weighted by molar-refractivity contribution is 5.74. The zero-order chi connectivity index (χ0) is 19.8. The summed E-state index contributed by atoms with van der Waals surface area (Å²) in [4.78, 5) is 28.7. The number of rotatable bonds is 4. The van der Waals surface area contributed by atoms with E-state index in [2.05, 4.69) is 53.5 Å². The van der Waals surface area contributed by atoms with Crippen LogP contribution in [0, 0.1) is 0 Å². The normalized spacial score (nSPS) is 15.4. The summed E-state index contributed by atoms with van der Waals surface area (Å²) in [5, 5.41) is 0. The minimum absolute atomic E-state index is 0.0116. The van der Waals surface area contributed by atoms with Gasteiger partial charge < -0.3 is 14.3 Å². The van der Waals surface area contributed by atoms with Crippen molar-refractivity contribution in [2.24, 2.45) is 0 Å². The van der Waals surface area contributed by atoms with Gasteiger partial charge in [-0.15, -0.1) is 0 Å². The number of imidazole rings is 1. The molecule has 0 amide bonds. The van der Waals surface area contributed by atoms with Crippen LogP contribution in [0.1, 0.15) is 18.1 Å². The van der Waals surface area contributed by atoms with Crippen LogP contribution < -0.4 is 10.5 Å². The van der Waals surface area contributed by atoms with Crippen LogP contribution in [0.2, 0.25) is 0 Å².